The van der Waals surface area contributed by atoms with Crippen LogP contribution in [0.5, 0.6) is 0 Å². The molecule has 0 spiro atoms. The summed E-state index contributed by atoms with van der Waals surface area (Å²) >= 11 is 0. The second-order valence-electron chi connectivity index (χ2n) is 13.6. The molecule has 7 heterocycles. The van der Waals surface area contributed by atoms with Crippen LogP contribution in [0.4, 0.5) is 11.9 Å². The van der Waals surface area contributed by atoms with Gasteiger partial charge in [-0.3, -0.25) is 4.79 Å². The molecule has 15 nitrogen and oxygen atoms in total. The molecule has 4 aliphatic rings. The van der Waals surface area contributed by atoms with Crippen LogP contribution in [0.15, 0.2) is 60.1 Å². The molecule has 0 unspecified atom stereocenters. The first-order valence-electron chi connectivity index (χ1n) is 18.1. The molecule has 53 heavy (non-hydrogen) atoms. The van der Waals surface area contributed by atoms with Crippen LogP contribution >= 0.6 is 0 Å². The van der Waals surface area contributed by atoms with E-state index in [1.54, 1.807) is 23.2 Å². The minimum Gasteiger partial charge on any atom is -0.378 e. The normalized spacial score (nSPS) is 16.8. The number of hydrogen-bond acceptors (Lipinski definition) is 12. The summed E-state index contributed by atoms with van der Waals surface area (Å²) in [6.45, 7) is 6.89. The molecule has 0 radical (unpaired) electrons. The first kappa shape index (κ1) is 32.9. The van der Waals surface area contributed by atoms with Gasteiger partial charge in [0, 0.05) is 56.1 Å². The smallest absolute Gasteiger partial charge is 0.247 e. The number of nitriles is 1. The number of hydrogen-bond donors (Lipinski definition) is 1. The number of pyridine rings is 1. The van der Waals surface area contributed by atoms with Crippen molar-refractivity contribution in [2.45, 2.75) is 32.4 Å². The van der Waals surface area contributed by atoms with Gasteiger partial charge in [0.1, 0.15) is 29.0 Å². The van der Waals surface area contributed by atoms with Crippen LogP contribution in [0.2, 0.25) is 0 Å². The highest BCUT2D eigenvalue weighted by Crippen LogP contribution is 2.36. The number of aromatic amines is 1. The van der Waals surface area contributed by atoms with E-state index in [-0.39, 0.29) is 12.1 Å². The van der Waals surface area contributed by atoms with Crippen molar-refractivity contribution in [3.8, 4) is 28.6 Å². The molecule has 0 atom stereocenters. The van der Waals surface area contributed by atoms with Crippen molar-refractivity contribution < 1.29 is 9.47 Å². The zero-order valence-corrected chi connectivity index (χ0v) is 29.2. The quantitative estimate of drug-likeness (QED) is 0.255. The van der Waals surface area contributed by atoms with Crippen molar-refractivity contribution in [2.24, 2.45) is 5.92 Å². The Bertz CT molecular complexity index is 2410. The van der Waals surface area contributed by atoms with Gasteiger partial charge in [-0.25, -0.2) is 19.9 Å². The Morgan fingerprint density at radius 2 is 1.47 bits per heavy atom. The summed E-state index contributed by atoms with van der Waals surface area (Å²) in [5.41, 5.74) is 8.97. The lowest BCUT2D eigenvalue weighted by Gasteiger charge is -2.27. The summed E-state index contributed by atoms with van der Waals surface area (Å²) in [5, 5.41) is 9.02. The van der Waals surface area contributed by atoms with Crippen LogP contribution in [-0.4, -0.2) is 96.6 Å². The summed E-state index contributed by atoms with van der Waals surface area (Å²) in [6.07, 6.45) is 13.2. The van der Waals surface area contributed by atoms with Crippen molar-refractivity contribution in [1.29, 1.82) is 5.26 Å². The topological polar surface area (TPSA) is 169 Å². The number of anilines is 2. The van der Waals surface area contributed by atoms with Gasteiger partial charge in [-0.1, -0.05) is 30.4 Å². The van der Waals surface area contributed by atoms with E-state index in [0.717, 1.165) is 79.1 Å². The molecular weight excluding hydrogens is 672 g/mol. The fourth-order valence-corrected chi connectivity index (χ4v) is 7.02. The highest BCUT2D eigenvalue weighted by atomic mass is 16.5. The summed E-state index contributed by atoms with van der Waals surface area (Å²) in [5.74, 6) is 2.13. The molecule has 3 fully saturated rings. The maximum atomic E-state index is 11.4. The SMILES string of the molecule is C1=Cc2c(cccc2-c2nc(N3CCOCC3)nc3c2ncn3CC2CC2)C1.N#CCn1cnc2c(-c3ccc(=O)[nH]c3)nc(N3CCOCC3)nc21. The van der Waals surface area contributed by atoms with Crippen molar-refractivity contribution in [1.82, 2.24) is 44.0 Å². The van der Waals surface area contributed by atoms with Crippen LogP contribution in [-0.2, 0) is 29.0 Å². The average molecular weight is 711 g/mol. The number of allylic oxidation sites excluding steroid dienone is 1. The standard InChI is InChI=1S/C22H23N5O.C16H15N7O2/c1-3-16-4-2-6-18(17(16)5-1)19-20-21(27(14-23-20)13-15-7-8-15)25-22(24-19)26-9-11-28-12-10-26;17-3-4-23-10-19-14-13(11-1-2-12(24)18-9-11)20-16(21-15(14)23)22-5-7-25-8-6-22/h1-2,4-6,14-15H,3,7-13H2;1-2,9-10H,4-8H2,(H,18,24). The predicted molar refractivity (Wildman–Crippen MR) is 199 cm³/mol. The minimum atomic E-state index is -0.183. The van der Waals surface area contributed by atoms with E-state index in [0.29, 0.717) is 49.1 Å². The van der Waals surface area contributed by atoms with E-state index >= 15 is 0 Å². The van der Waals surface area contributed by atoms with E-state index < -0.39 is 0 Å². The minimum absolute atomic E-state index is 0.154. The molecule has 5 aromatic heterocycles. The average Bonchev–Trinajstić information content (AvgIpc) is 3.52. The lowest BCUT2D eigenvalue weighted by Crippen LogP contribution is -2.37. The number of H-pyrrole nitrogens is 1. The Balaban J connectivity index is 0.000000142. The molecule has 2 aliphatic carbocycles. The summed E-state index contributed by atoms with van der Waals surface area (Å²) in [7, 11) is 0. The van der Waals surface area contributed by atoms with Crippen molar-refractivity contribution >= 4 is 40.3 Å². The van der Waals surface area contributed by atoms with E-state index in [2.05, 4.69) is 65.8 Å². The molecular formula is C38H38N12O3. The van der Waals surface area contributed by atoms with Gasteiger partial charge in [0.25, 0.3) is 0 Å². The predicted octanol–water partition coefficient (Wildman–Crippen LogP) is 3.85. The first-order chi connectivity index (χ1) is 26.1. The van der Waals surface area contributed by atoms with E-state index in [1.165, 1.54) is 30.0 Å². The van der Waals surface area contributed by atoms with Gasteiger partial charge in [-0.15, -0.1) is 0 Å². The molecule has 6 aromatic rings. The zero-order chi connectivity index (χ0) is 35.7. The Labute approximate surface area is 304 Å². The monoisotopic (exact) mass is 710 g/mol. The van der Waals surface area contributed by atoms with E-state index in [1.807, 2.05) is 11.2 Å². The molecule has 2 aliphatic heterocycles. The number of aromatic nitrogens is 9. The molecule has 2 saturated heterocycles. The molecule has 268 valence electrons. The second-order valence-corrected chi connectivity index (χ2v) is 13.6. The van der Waals surface area contributed by atoms with Gasteiger partial charge >= 0.3 is 0 Å². The second kappa shape index (κ2) is 14.2. The van der Waals surface area contributed by atoms with Crippen LogP contribution in [0.1, 0.15) is 24.0 Å². The largest absolute Gasteiger partial charge is 0.378 e. The third-order valence-corrected chi connectivity index (χ3v) is 10.0. The number of nitrogens with zero attached hydrogens (tertiary/aromatic N) is 11. The van der Waals surface area contributed by atoms with Crippen molar-refractivity contribution in [3.63, 3.8) is 0 Å². The maximum Gasteiger partial charge on any atom is 0.247 e. The van der Waals surface area contributed by atoms with E-state index in [4.69, 9.17) is 29.7 Å². The number of rotatable bonds is 7. The van der Waals surface area contributed by atoms with E-state index in [9.17, 15) is 4.79 Å². The maximum absolute atomic E-state index is 11.4. The third kappa shape index (κ3) is 6.62. The Kier molecular flexibility index (Phi) is 8.82. The van der Waals surface area contributed by atoms with Gasteiger partial charge in [0.05, 0.1) is 45.2 Å². The van der Waals surface area contributed by atoms with Crippen LogP contribution in [0.3, 0.4) is 0 Å². The molecule has 1 aromatic carbocycles. The van der Waals surface area contributed by atoms with Gasteiger partial charge in [-0.2, -0.15) is 15.2 Å². The van der Waals surface area contributed by atoms with Gasteiger partial charge < -0.3 is 33.4 Å². The number of benzene rings is 1. The number of ether oxygens (including phenoxy) is 2. The Hall–Kier alpha value is -5.98. The highest BCUT2D eigenvalue weighted by molar-refractivity contribution is 5.92. The molecule has 0 amide bonds. The number of morpholine rings is 2. The molecule has 0 bridgehead atoms. The zero-order valence-electron chi connectivity index (χ0n) is 29.2. The molecule has 1 N–H and O–H groups in total. The summed E-state index contributed by atoms with van der Waals surface area (Å²) < 4.78 is 14.8. The Morgan fingerprint density at radius 3 is 2.13 bits per heavy atom. The molecule has 1 saturated carbocycles. The summed E-state index contributed by atoms with van der Waals surface area (Å²) in [6, 6.07) is 11.8. The number of nitrogens with one attached hydrogen (secondary N) is 1. The lowest BCUT2D eigenvalue weighted by molar-refractivity contribution is 0.122. The van der Waals surface area contributed by atoms with Gasteiger partial charge in [-0.05, 0) is 42.4 Å². The fourth-order valence-electron chi connectivity index (χ4n) is 7.02. The first-order valence-corrected chi connectivity index (χ1v) is 18.1. The number of fused-ring (bicyclic) bond motifs is 3. The lowest BCUT2D eigenvalue weighted by atomic mass is 10.0. The van der Waals surface area contributed by atoms with Gasteiger partial charge in [0.2, 0.25) is 17.5 Å². The fraction of sp³-hybridized carbons (Fsp3) is 0.368. The van der Waals surface area contributed by atoms with Crippen molar-refractivity contribution in [2.75, 3.05) is 62.4 Å². The van der Waals surface area contributed by atoms with Crippen LogP contribution < -0.4 is 15.4 Å². The third-order valence-electron chi connectivity index (χ3n) is 10.0. The van der Waals surface area contributed by atoms with Gasteiger partial charge in [0.15, 0.2) is 11.3 Å². The highest BCUT2D eigenvalue weighted by Gasteiger charge is 2.26. The molecule has 15 heteroatoms. The van der Waals surface area contributed by atoms with Crippen molar-refractivity contribution in [3.05, 3.63) is 76.7 Å². The summed E-state index contributed by atoms with van der Waals surface area (Å²) in [4.78, 5) is 46.7. The van der Waals surface area contributed by atoms with Crippen LogP contribution in [0.25, 0.3) is 50.9 Å². The molecule has 10 rings (SSSR count). The van der Waals surface area contributed by atoms with Crippen LogP contribution in [0, 0.1) is 17.2 Å². The number of imidazole rings is 2. The Morgan fingerprint density at radius 1 is 0.811 bits per heavy atom.